The third-order valence-corrected chi connectivity index (χ3v) is 5.63. The van der Waals surface area contributed by atoms with E-state index in [-0.39, 0.29) is 10.3 Å². The lowest BCUT2D eigenvalue weighted by molar-refractivity contribution is 0.558. The fraction of sp³-hybridized carbons (Fsp3) is 0.308. The maximum Gasteiger partial charge on any atom is 0.241 e. The smallest absolute Gasteiger partial charge is 0.241 e. The summed E-state index contributed by atoms with van der Waals surface area (Å²) in [5.74, 6) is 0. The number of hydrogen-bond donors (Lipinski definition) is 1. The van der Waals surface area contributed by atoms with Gasteiger partial charge in [0.05, 0.1) is 15.8 Å². The van der Waals surface area contributed by atoms with Gasteiger partial charge in [-0.2, -0.15) is 0 Å². The van der Waals surface area contributed by atoms with Crippen LogP contribution in [0.1, 0.15) is 13.3 Å². The average Bonchev–Trinajstić information content (AvgIpc) is 2.94. The highest BCUT2D eigenvalue weighted by atomic mass is 35.5. The van der Waals surface area contributed by atoms with Gasteiger partial charge in [0.25, 0.3) is 0 Å². The molecule has 19 heavy (non-hydrogen) atoms. The first-order valence-corrected chi connectivity index (χ1v) is 7.86. The molecule has 1 saturated carbocycles. The number of benzene rings is 1. The number of halogens is 1. The van der Waals surface area contributed by atoms with Crippen LogP contribution in [0, 0.1) is 0 Å². The van der Waals surface area contributed by atoms with Crippen LogP contribution in [0.4, 0.5) is 0 Å². The summed E-state index contributed by atoms with van der Waals surface area (Å²) in [4.78, 5) is 4.41. The van der Waals surface area contributed by atoms with E-state index in [2.05, 4.69) is 9.71 Å². The van der Waals surface area contributed by atoms with Gasteiger partial charge in [-0.15, -0.1) is 11.6 Å². The molecule has 100 valence electrons. The van der Waals surface area contributed by atoms with Crippen LogP contribution in [0.15, 0.2) is 41.4 Å². The normalized spacial score (nSPS) is 26.5. The van der Waals surface area contributed by atoms with Gasteiger partial charge in [0, 0.05) is 17.1 Å². The SMILES string of the molecule is CC1(NS(=O)(=O)c2ccc3ncccc3c2)CC1Cl. The van der Waals surface area contributed by atoms with Gasteiger partial charge >= 0.3 is 0 Å². The van der Waals surface area contributed by atoms with Crippen molar-refractivity contribution in [3.63, 3.8) is 0 Å². The van der Waals surface area contributed by atoms with Crippen molar-refractivity contribution < 1.29 is 8.42 Å². The number of sulfonamides is 1. The molecule has 1 aliphatic carbocycles. The number of alkyl halides is 1. The monoisotopic (exact) mass is 296 g/mol. The zero-order valence-corrected chi connectivity index (χ0v) is 11.9. The molecular formula is C13H13ClN2O2S. The number of hydrogen-bond acceptors (Lipinski definition) is 3. The largest absolute Gasteiger partial charge is 0.256 e. The first kappa shape index (κ1) is 12.8. The van der Waals surface area contributed by atoms with E-state index in [1.807, 2.05) is 13.0 Å². The van der Waals surface area contributed by atoms with Crippen molar-refractivity contribution in [2.75, 3.05) is 0 Å². The first-order chi connectivity index (χ1) is 8.91. The molecule has 0 bridgehead atoms. The molecule has 0 amide bonds. The van der Waals surface area contributed by atoms with Crippen molar-refractivity contribution in [1.29, 1.82) is 0 Å². The molecule has 1 aliphatic rings. The molecule has 1 heterocycles. The molecule has 1 fully saturated rings. The maximum absolute atomic E-state index is 12.3. The molecule has 2 aromatic rings. The van der Waals surface area contributed by atoms with E-state index in [4.69, 9.17) is 11.6 Å². The number of aromatic nitrogens is 1. The summed E-state index contributed by atoms with van der Waals surface area (Å²) in [6, 6.07) is 8.51. The van der Waals surface area contributed by atoms with Crippen molar-refractivity contribution in [3.8, 4) is 0 Å². The molecule has 1 aromatic heterocycles. The highest BCUT2D eigenvalue weighted by Gasteiger charge is 2.51. The van der Waals surface area contributed by atoms with Gasteiger partial charge in [-0.25, -0.2) is 13.1 Å². The van der Waals surface area contributed by atoms with E-state index in [9.17, 15) is 8.42 Å². The number of rotatable bonds is 3. The Morgan fingerprint density at radius 1 is 1.42 bits per heavy atom. The van der Waals surface area contributed by atoms with Gasteiger partial charge in [-0.05, 0) is 37.6 Å². The summed E-state index contributed by atoms with van der Waals surface area (Å²) >= 11 is 5.94. The second-order valence-corrected chi connectivity index (χ2v) is 7.26. The van der Waals surface area contributed by atoms with Crippen molar-refractivity contribution in [2.24, 2.45) is 0 Å². The van der Waals surface area contributed by atoms with Crippen LogP contribution in [0.2, 0.25) is 0 Å². The Labute approximate surface area is 116 Å². The second kappa shape index (κ2) is 4.16. The molecule has 3 rings (SSSR count). The van der Waals surface area contributed by atoms with Gasteiger partial charge in [-0.1, -0.05) is 6.07 Å². The molecular weight excluding hydrogens is 284 g/mol. The van der Waals surface area contributed by atoms with Crippen LogP contribution in [0.5, 0.6) is 0 Å². The van der Waals surface area contributed by atoms with E-state index in [1.165, 1.54) is 0 Å². The molecule has 0 radical (unpaired) electrons. The molecule has 2 unspecified atom stereocenters. The zero-order chi connectivity index (χ0) is 13.7. The van der Waals surface area contributed by atoms with Crippen LogP contribution < -0.4 is 4.72 Å². The van der Waals surface area contributed by atoms with Gasteiger partial charge in [0.2, 0.25) is 10.0 Å². The quantitative estimate of drug-likeness (QED) is 0.884. The minimum Gasteiger partial charge on any atom is -0.256 e. The van der Waals surface area contributed by atoms with Crippen LogP contribution in [-0.4, -0.2) is 24.3 Å². The van der Waals surface area contributed by atoms with E-state index < -0.39 is 15.6 Å². The predicted molar refractivity (Wildman–Crippen MR) is 74.7 cm³/mol. The van der Waals surface area contributed by atoms with Gasteiger partial charge in [0.15, 0.2) is 0 Å². The first-order valence-electron chi connectivity index (χ1n) is 5.94. The van der Waals surface area contributed by atoms with Crippen LogP contribution >= 0.6 is 11.6 Å². The summed E-state index contributed by atoms with van der Waals surface area (Å²) in [5.41, 5.74) is 0.249. The lowest BCUT2D eigenvalue weighted by Crippen LogP contribution is -2.36. The molecule has 1 aromatic carbocycles. The lowest BCUT2D eigenvalue weighted by Gasteiger charge is -2.13. The Bertz CT molecular complexity index is 747. The fourth-order valence-corrected chi connectivity index (χ4v) is 3.93. The number of fused-ring (bicyclic) bond motifs is 1. The summed E-state index contributed by atoms with van der Waals surface area (Å²) in [6.45, 7) is 1.81. The molecule has 6 heteroatoms. The molecule has 0 saturated heterocycles. The number of nitrogens with zero attached hydrogens (tertiary/aromatic N) is 1. The lowest BCUT2D eigenvalue weighted by atomic mass is 10.2. The van der Waals surface area contributed by atoms with Crippen LogP contribution in [0.25, 0.3) is 10.9 Å². The minimum atomic E-state index is -3.54. The fourth-order valence-electron chi connectivity index (χ4n) is 2.01. The topological polar surface area (TPSA) is 59.1 Å². The second-order valence-electron chi connectivity index (χ2n) is 5.05. The Morgan fingerprint density at radius 2 is 2.16 bits per heavy atom. The van der Waals surface area contributed by atoms with E-state index in [1.54, 1.807) is 30.5 Å². The Balaban J connectivity index is 1.99. The Hall–Kier alpha value is -1.17. The van der Waals surface area contributed by atoms with E-state index in [0.717, 1.165) is 10.9 Å². The van der Waals surface area contributed by atoms with Crippen molar-refractivity contribution in [1.82, 2.24) is 9.71 Å². The predicted octanol–water partition coefficient (Wildman–Crippen LogP) is 2.28. The molecule has 0 aliphatic heterocycles. The van der Waals surface area contributed by atoms with E-state index in [0.29, 0.717) is 6.42 Å². The van der Waals surface area contributed by atoms with Gasteiger partial charge in [-0.3, -0.25) is 4.98 Å². The van der Waals surface area contributed by atoms with Crippen LogP contribution in [0.3, 0.4) is 0 Å². The van der Waals surface area contributed by atoms with Crippen molar-refractivity contribution >= 4 is 32.5 Å². The summed E-state index contributed by atoms with van der Waals surface area (Å²) < 4.78 is 27.2. The summed E-state index contributed by atoms with van der Waals surface area (Å²) in [5, 5.41) is 0.665. The summed E-state index contributed by atoms with van der Waals surface area (Å²) in [7, 11) is -3.54. The Kier molecular flexibility index (Phi) is 2.81. The third-order valence-electron chi connectivity index (χ3n) is 3.39. The van der Waals surface area contributed by atoms with Crippen LogP contribution in [-0.2, 0) is 10.0 Å². The molecule has 1 N–H and O–H groups in total. The number of pyridine rings is 1. The maximum atomic E-state index is 12.3. The molecule has 4 nitrogen and oxygen atoms in total. The average molecular weight is 297 g/mol. The minimum absolute atomic E-state index is 0.135. The highest BCUT2D eigenvalue weighted by Crippen LogP contribution is 2.41. The van der Waals surface area contributed by atoms with Gasteiger partial charge in [0.1, 0.15) is 0 Å². The molecule has 2 atom stereocenters. The Morgan fingerprint density at radius 3 is 2.84 bits per heavy atom. The standard InChI is InChI=1S/C13H13ClN2O2S/c1-13(8-12(13)14)16-19(17,18)10-4-5-11-9(7-10)3-2-6-15-11/h2-7,12,16H,8H2,1H3. The summed E-state index contributed by atoms with van der Waals surface area (Å²) in [6.07, 6.45) is 2.33. The third kappa shape index (κ3) is 2.33. The van der Waals surface area contributed by atoms with Gasteiger partial charge < -0.3 is 0 Å². The van der Waals surface area contributed by atoms with Crippen molar-refractivity contribution in [2.45, 2.75) is 29.2 Å². The molecule has 0 spiro atoms. The number of nitrogens with one attached hydrogen (secondary N) is 1. The zero-order valence-electron chi connectivity index (χ0n) is 10.3. The van der Waals surface area contributed by atoms with E-state index >= 15 is 0 Å². The highest BCUT2D eigenvalue weighted by molar-refractivity contribution is 7.89. The van der Waals surface area contributed by atoms with Crippen molar-refractivity contribution in [3.05, 3.63) is 36.5 Å².